The Labute approximate surface area is 101 Å². The maximum Gasteiger partial charge on any atom is 0.241 e. The lowest BCUT2D eigenvalue weighted by molar-refractivity contribution is -0.133. The zero-order chi connectivity index (χ0) is 12.3. The molecule has 2 heterocycles. The van der Waals surface area contributed by atoms with Crippen LogP contribution in [0.2, 0.25) is 0 Å². The molecule has 1 aliphatic rings. The predicted octanol–water partition coefficient (Wildman–Crippen LogP) is -1.05. The fourth-order valence-corrected chi connectivity index (χ4v) is 1.97. The zero-order valence-electron chi connectivity index (χ0n) is 10.1. The van der Waals surface area contributed by atoms with Crippen molar-refractivity contribution in [3.8, 4) is 0 Å². The molecule has 0 radical (unpaired) electrons. The number of nitrogens with zero attached hydrogens (tertiary/aromatic N) is 3. The summed E-state index contributed by atoms with van der Waals surface area (Å²) in [5.41, 5.74) is 6.99. The number of nitrogens with two attached hydrogens (primary N) is 1. The summed E-state index contributed by atoms with van der Waals surface area (Å²) < 4.78 is 1.72. The highest BCUT2D eigenvalue weighted by atomic mass is 16.2. The van der Waals surface area contributed by atoms with Crippen molar-refractivity contribution < 1.29 is 4.79 Å². The molecule has 1 unspecified atom stereocenters. The quantitative estimate of drug-likeness (QED) is 0.703. The summed E-state index contributed by atoms with van der Waals surface area (Å²) in [6.45, 7) is 5.58. The van der Waals surface area contributed by atoms with Crippen LogP contribution in [0.3, 0.4) is 0 Å². The summed E-state index contributed by atoms with van der Waals surface area (Å²) in [7, 11) is 0. The first-order valence-electron chi connectivity index (χ1n) is 5.91. The fraction of sp³-hybridized carbons (Fsp3) is 0.636. The van der Waals surface area contributed by atoms with E-state index in [4.69, 9.17) is 5.73 Å². The van der Waals surface area contributed by atoms with Crippen molar-refractivity contribution >= 4 is 5.91 Å². The topological polar surface area (TPSA) is 76.2 Å². The number of amides is 1. The summed E-state index contributed by atoms with van der Waals surface area (Å²) in [5, 5.41) is 7.35. The number of aryl methyl sites for hydroxylation is 1. The van der Waals surface area contributed by atoms with Crippen LogP contribution >= 0.6 is 0 Å². The Morgan fingerprint density at radius 1 is 1.59 bits per heavy atom. The molecular formula is C11H19N5O. The van der Waals surface area contributed by atoms with E-state index in [-0.39, 0.29) is 5.91 Å². The second-order valence-electron chi connectivity index (χ2n) is 4.42. The van der Waals surface area contributed by atoms with Gasteiger partial charge >= 0.3 is 0 Å². The van der Waals surface area contributed by atoms with Crippen LogP contribution in [0, 0.1) is 6.92 Å². The lowest BCUT2D eigenvalue weighted by Gasteiger charge is -2.29. The number of hydrogen-bond donors (Lipinski definition) is 2. The van der Waals surface area contributed by atoms with E-state index in [1.165, 1.54) is 0 Å². The van der Waals surface area contributed by atoms with Gasteiger partial charge in [-0.05, 0) is 12.5 Å². The van der Waals surface area contributed by atoms with Crippen LogP contribution in [0.4, 0.5) is 0 Å². The van der Waals surface area contributed by atoms with Crippen LogP contribution in [0.1, 0.15) is 5.56 Å². The number of nitrogens with one attached hydrogen (secondary N) is 1. The van der Waals surface area contributed by atoms with Gasteiger partial charge in [0.1, 0.15) is 6.04 Å². The van der Waals surface area contributed by atoms with Gasteiger partial charge in [-0.25, -0.2) is 0 Å². The third-order valence-electron chi connectivity index (χ3n) is 2.89. The largest absolute Gasteiger partial charge is 0.339 e. The Kier molecular flexibility index (Phi) is 3.75. The van der Waals surface area contributed by atoms with Gasteiger partial charge in [-0.15, -0.1) is 0 Å². The van der Waals surface area contributed by atoms with E-state index >= 15 is 0 Å². The third-order valence-corrected chi connectivity index (χ3v) is 2.89. The third kappa shape index (κ3) is 3.04. The number of carbonyl (C=O) groups excluding carboxylic acids is 1. The molecule has 17 heavy (non-hydrogen) atoms. The molecule has 0 aromatic carbocycles. The first-order valence-corrected chi connectivity index (χ1v) is 5.91. The van der Waals surface area contributed by atoms with E-state index in [9.17, 15) is 4.79 Å². The van der Waals surface area contributed by atoms with Crippen LogP contribution in [-0.4, -0.2) is 52.8 Å². The second kappa shape index (κ2) is 5.29. The van der Waals surface area contributed by atoms with Crippen LogP contribution in [0.5, 0.6) is 0 Å². The van der Waals surface area contributed by atoms with Gasteiger partial charge in [0, 0.05) is 32.4 Å². The van der Waals surface area contributed by atoms with Crippen molar-refractivity contribution in [2.75, 3.05) is 26.2 Å². The predicted molar refractivity (Wildman–Crippen MR) is 64.4 cm³/mol. The van der Waals surface area contributed by atoms with E-state index in [1.54, 1.807) is 10.9 Å². The number of hydrogen-bond acceptors (Lipinski definition) is 4. The Balaban J connectivity index is 1.90. The van der Waals surface area contributed by atoms with Crippen LogP contribution < -0.4 is 11.1 Å². The van der Waals surface area contributed by atoms with Crippen LogP contribution in [-0.2, 0) is 11.3 Å². The molecule has 0 spiro atoms. The van der Waals surface area contributed by atoms with Crippen LogP contribution in [0.25, 0.3) is 0 Å². The summed E-state index contributed by atoms with van der Waals surface area (Å²) in [6, 6.07) is -0.507. The lowest BCUT2D eigenvalue weighted by Crippen LogP contribution is -2.52. The number of piperazine rings is 1. The van der Waals surface area contributed by atoms with E-state index in [2.05, 4.69) is 10.4 Å². The van der Waals surface area contributed by atoms with Crippen molar-refractivity contribution in [3.05, 3.63) is 18.0 Å². The highest BCUT2D eigenvalue weighted by molar-refractivity contribution is 5.81. The monoisotopic (exact) mass is 237 g/mol. The van der Waals surface area contributed by atoms with Gasteiger partial charge in [0.15, 0.2) is 0 Å². The summed E-state index contributed by atoms with van der Waals surface area (Å²) in [5.74, 6) is 0.0136. The van der Waals surface area contributed by atoms with Gasteiger partial charge in [0.05, 0.1) is 12.7 Å². The Bertz CT molecular complexity index is 383. The average molecular weight is 237 g/mol. The molecule has 6 nitrogen and oxygen atoms in total. The van der Waals surface area contributed by atoms with Gasteiger partial charge < -0.3 is 16.0 Å². The highest BCUT2D eigenvalue weighted by Crippen LogP contribution is 2.00. The minimum Gasteiger partial charge on any atom is -0.339 e. The molecule has 0 aliphatic carbocycles. The molecule has 2 rings (SSSR count). The molecule has 1 aliphatic heterocycles. The molecule has 1 saturated heterocycles. The molecule has 1 aromatic rings. The Hall–Kier alpha value is -1.40. The first-order chi connectivity index (χ1) is 8.16. The first kappa shape index (κ1) is 12.1. The van der Waals surface area contributed by atoms with E-state index in [1.807, 2.05) is 18.0 Å². The minimum atomic E-state index is -0.507. The second-order valence-corrected chi connectivity index (χ2v) is 4.42. The molecule has 0 bridgehead atoms. The number of carbonyl (C=O) groups is 1. The molecule has 3 N–H and O–H groups in total. The molecule has 6 heteroatoms. The van der Waals surface area contributed by atoms with Crippen molar-refractivity contribution in [2.24, 2.45) is 5.73 Å². The molecule has 1 atom stereocenters. The molecule has 94 valence electrons. The van der Waals surface area contributed by atoms with E-state index < -0.39 is 6.04 Å². The van der Waals surface area contributed by atoms with Crippen molar-refractivity contribution in [3.63, 3.8) is 0 Å². The number of aromatic nitrogens is 2. The lowest BCUT2D eigenvalue weighted by atomic mass is 10.2. The Morgan fingerprint density at radius 3 is 2.88 bits per heavy atom. The van der Waals surface area contributed by atoms with Crippen molar-refractivity contribution in [2.45, 2.75) is 19.5 Å². The number of rotatable bonds is 3. The van der Waals surface area contributed by atoms with Gasteiger partial charge in [-0.1, -0.05) is 0 Å². The highest BCUT2D eigenvalue weighted by Gasteiger charge is 2.22. The van der Waals surface area contributed by atoms with Gasteiger partial charge in [-0.2, -0.15) is 5.10 Å². The molecule has 1 fully saturated rings. The summed E-state index contributed by atoms with van der Waals surface area (Å²) in [4.78, 5) is 13.9. The van der Waals surface area contributed by atoms with E-state index in [0.29, 0.717) is 6.54 Å². The zero-order valence-corrected chi connectivity index (χ0v) is 10.1. The Morgan fingerprint density at radius 2 is 2.29 bits per heavy atom. The molecule has 1 aromatic heterocycles. The SMILES string of the molecule is Cc1cnn(CC(N)C(=O)N2CCNCC2)c1. The van der Waals surface area contributed by atoms with Gasteiger partial charge in [0.25, 0.3) is 0 Å². The minimum absolute atomic E-state index is 0.0136. The summed E-state index contributed by atoms with van der Waals surface area (Å²) in [6.07, 6.45) is 3.66. The maximum atomic E-state index is 12.0. The van der Waals surface area contributed by atoms with Crippen molar-refractivity contribution in [1.82, 2.24) is 20.0 Å². The maximum absolute atomic E-state index is 12.0. The summed E-state index contributed by atoms with van der Waals surface area (Å²) >= 11 is 0. The smallest absolute Gasteiger partial charge is 0.241 e. The van der Waals surface area contributed by atoms with Crippen LogP contribution in [0.15, 0.2) is 12.4 Å². The molecular weight excluding hydrogens is 218 g/mol. The van der Waals surface area contributed by atoms with Gasteiger partial charge in [0.2, 0.25) is 5.91 Å². The van der Waals surface area contributed by atoms with E-state index in [0.717, 1.165) is 31.7 Å². The van der Waals surface area contributed by atoms with Gasteiger partial charge in [-0.3, -0.25) is 9.48 Å². The van der Waals surface area contributed by atoms with Crippen molar-refractivity contribution in [1.29, 1.82) is 0 Å². The molecule has 1 amide bonds. The average Bonchev–Trinajstić information content (AvgIpc) is 2.75. The normalized spacial score (nSPS) is 18.1. The standard InChI is InChI=1S/C11H19N5O/c1-9-6-14-16(7-9)8-10(12)11(17)15-4-2-13-3-5-15/h6-7,10,13H,2-5,8,12H2,1H3. The molecule has 0 saturated carbocycles. The fourth-order valence-electron chi connectivity index (χ4n) is 1.97.